The number of amides is 1. The standard InChI is InChI=1S/C18H17ClN4O5S/c1-27-14-7-13(8-15(9-14)28-2)21-17(24)16-10-20-22-18(16)29(25,26)23-12-5-3-11(19)4-6-12/h3-10,23H,1-2H3,(H,20,22)(H,21,24). The molecule has 3 aromatic rings. The molecule has 0 fully saturated rings. The average molecular weight is 437 g/mol. The minimum absolute atomic E-state index is 0.159. The molecule has 0 unspecified atom stereocenters. The number of halogens is 1. The minimum atomic E-state index is -4.10. The fourth-order valence-corrected chi connectivity index (χ4v) is 3.73. The molecule has 29 heavy (non-hydrogen) atoms. The number of ether oxygens (including phenoxy) is 2. The zero-order chi connectivity index (χ0) is 21.0. The average Bonchev–Trinajstić information content (AvgIpc) is 3.20. The Hall–Kier alpha value is -3.24. The Balaban J connectivity index is 1.85. The van der Waals surface area contributed by atoms with E-state index >= 15 is 0 Å². The quantitative estimate of drug-likeness (QED) is 0.523. The van der Waals surface area contributed by atoms with E-state index in [1.807, 2.05) is 0 Å². The molecular weight excluding hydrogens is 420 g/mol. The van der Waals surface area contributed by atoms with Gasteiger partial charge in [0.15, 0.2) is 5.03 Å². The third-order valence-electron chi connectivity index (χ3n) is 3.82. The number of methoxy groups -OCH3 is 2. The zero-order valence-electron chi connectivity index (χ0n) is 15.4. The highest BCUT2D eigenvalue weighted by Gasteiger charge is 2.25. The molecule has 0 bridgehead atoms. The second-order valence-electron chi connectivity index (χ2n) is 5.78. The molecule has 1 amide bonds. The molecule has 0 saturated carbocycles. The van der Waals surface area contributed by atoms with Crippen molar-refractivity contribution in [3.63, 3.8) is 0 Å². The lowest BCUT2D eigenvalue weighted by Crippen LogP contribution is -2.19. The summed E-state index contributed by atoms with van der Waals surface area (Å²) in [4.78, 5) is 12.7. The van der Waals surface area contributed by atoms with Gasteiger partial charge in [-0.3, -0.25) is 14.6 Å². The normalized spacial score (nSPS) is 11.0. The number of rotatable bonds is 7. The van der Waals surface area contributed by atoms with E-state index in [9.17, 15) is 13.2 Å². The highest BCUT2D eigenvalue weighted by Crippen LogP contribution is 2.27. The molecule has 11 heteroatoms. The summed E-state index contributed by atoms with van der Waals surface area (Å²) in [6.45, 7) is 0. The highest BCUT2D eigenvalue weighted by atomic mass is 35.5. The maximum Gasteiger partial charge on any atom is 0.279 e. The Bertz CT molecular complexity index is 1110. The van der Waals surface area contributed by atoms with Gasteiger partial charge in [-0.1, -0.05) is 11.6 Å². The Labute approximate surface area is 172 Å². The van der Waals surface area contributed by atoms with E-state index in [0.717, 1.165) is 6.20 Å². The first-order chi connectivity index (χ1) is 13.8. The number of hydrogen-bond donors (Lipinski definition) is 3. The first kappa shape index (κ1) is 20.5. The van der Waals surface area contributed by atoms with Gasteiger partial charge >= 0.3 is 0 Å². The number of aromatic amines is 1. The number of H-pyrrole nitrogens is 1. The molecule has 3 N–H and O–H groups in total. The Morgan fingerprint density at radius 3 is 2.24 bits per heavy atom. The number of nitrogens with zero attached hydrogens (tertiary/aromatic N) is 1. The fraction of sp³-hybridized carbons (Fsp3) is 0.111. The SMILES string of the molecule is COc1cc(NC(=O)c2cn[nH]c2S(=O)(=O)Nc2ccc(Cl)cc2)cc(OC)c1. The van der Waals surface area contributed by atoms with Crippen LogP contribution in [0.1, 0.15) is 10.4 Å². The van der Waals surface area contributed by atoms with Crippen molar-refractivity contribution >= 4 is 38.9 Å². The van der Waals surface area contributed by atoms with E-state index in [-0.39, 0.29) is 16.3 Å². The summed E-state index contributed by atoms with van der Waals surface area (Å²) in [7, 11) is -1.15. The topological polar surface area (TPSA) is 122 Å². The Morgan fingerprint density at radius 1 is 1.03 bits per heavy atom. The summed E-state index contributed by atoms with van der Waals surface area (Å²) in [5.74, 6) is 0.249. The van der Waals surface area contributed by atoms with Crippen molar-refractivity contribution in [1.82, 2.24) is 10.2 Å². The maximum absolute atomic E-state index is 12.7. The van der Waals surface area contributed by atoms with Gasteiger partial charge < -0.3 is 14.8 Å². The lowest BCUT2D eigenvalue weighted by atomic mass is 10.2. The molecular formula is C18H17ClN4O5S. The zero-order valence-corrected chi connectivity index (χ0v) is 17.0. The van der Waals surface area contributed by atoms with Crippen LogP contribution in [-0.2, 0) is 10.0 Å². The van der Waals surface area contributed by atoms with Crippen molar-refractivity contribution in [2.75, 3.05) is 24.3 Å². The van der Waals surface area contributed by atoms with Crippen molar-refractivity contribution in [2.45, 2.75) is 5.03 Å². The van der Waals surface area contributed by atoms with Gasteiger partial charge in [0.25, 0.3) is 15.9 Å². The van der Waals surface area contributed by atoms with Crippen LogP contribution in [-0.4, -0.2) is 38.7 Å². The maximum atomic E-state index is 12.7. The van der Waals surface area contributed by atoms with Gasteiger partial charge in [-0.15, -0.1) is 0 Å². The van der Waals surface area contributed by atoms with Crippen LogP contribution >= 0.6 is 11.6 Å². The van der Waals surface area contributed by atoms with E-state index in [2.05, 4.69) is 20.2 Å². The third-order valence-corrected chi connectivity index (χ3v) is 5.43. The van der Waals surface area contributed by atoms with Crippen molar-refractivity contribution in [1.29, 1.82) is 0 Å². The molecule has 0 spiro atoms. The number of carbonyl (C=O) groups excluding carboxylic acids is 1. The molecule has 0 aliphatic rings. The van der Waals surface area contributed by atoms with E-state index in [4.69, 9.17) is 21.1 Å². The van der Waals surface area contributed by atoms with Crippen molar-refractivity contribution in [2.24, 2.45) is 0 Å². The van der Waals surface area contributed by atoms with Gasteiger partial charge in [0, 0.05) is 34.6 Å². The lowest BCUT2D eigenvalue weighted by molar-refractivity contribution is 0.102. The summed E-state index contributed by atoms with van der Waals surface area (Å²) >= 11 is 5.81. The van der Waals surface area contributed by atoms with Crippen LogP contribution < -0.4 is 19.5 Å². The summed E-state index contributed by atoms with van der Waals surface area (Å²) < 4.78 is 38.1. The number of carbonyl (C=O) groups is 1. The summed E-state index contributed by atoms with van der Waals surface area (Å²) in [6, 6.07) is 10.9. The molecule has 2 aromatic carbocycles. The van der Waals surface area contributed by atoms with Crippen LogP contribution in [0.2, 0.25) is 5.02 Å². The van der Waals surface area contributed by atoms with Crippen LogP contribution in [0.25, 0.3) is 0 Å². The lowest BCUT2D eigenvalue weighted by Gasteiger charge is -2.11. The summed E-state index contributed by atoms with van der Waals surface area (Å²) in [6.07, 6.45) is 1.13. The van der Waals surface area contributed by atoms with E-state index in [0.29, 0.717) is 22.2 Å². The number of benzene rings is 2. The molecule has 0 aliphatic heterocycles. The molecule has 0 atom stereocenters. The Morgan fingerprint density at radius 2 is 1.66 bits per heavy atom. The predicted octanol–water partition coefficient (Wildman–Crippen LogP) is 3.13. The van der Waals surface area contributed by atoms with Gasteiger partial charge in [-0.25, -0.2) is 0 Å². The van der Waals surface area contributed by atoms with Gasteiger partial charge in [-0.05, 0) is 24.3 Å². The number of anilines is 2. The molecule has 3 rings (SSSR count). The summed E-state index contributed by atoms with van der Waals surface area (Å²) in [5.41, 5.74) is 0.488. The largest absolute Gasteiger partial charge is 0.497 e. The van der Waals surface area contributed by atoms with Gasteiger partial charge in [0.2, 0.25) is 0 Å². The van der Waals surface area contributed by atoms with E-state index in [1.165, 1.54) is 38.5 Å². The first-order valence-electron chi connectivity index (χ1n) is 8.18. The molecule has 0 saturated heterocycles. The van der Waals surface area contributed by atoms with Crippen molar-refractivity contribution in [3.05, 3.63) is 59.2 Å². The van der Waals surface area contributed by atoms with Crippen LogP contribution in [0.5, 0.6) is 11.5 Å². The smallest absolute Gasteiger partial charge is 0.279 e. The van der Waals surface area contributed by atoms with Gasteiger partial charge in [0.05, 0.1) is 26.0 Å². The summed E-state index contributed by atoms with van der Waals surface area (Å²) in [5, 5.41) is 8.75. The number of hydrogen-bond acceptors (Lipinski definition) is 6. The molecule has 1 aromatic heterocycles. The van der Waals surface area contributed by atoms with Gasteiger partial charge in [-0.2, -0.15) is 13.5 Å². The second kappa shape index (κ2) is 8.41. The minimum Gasteiger partial charge on any atom is -0.497 e. The highest BCUT2D eigenvalue weighted by molar-refractivity contribution is 7.92. The molecule has 0 aliphatic carbocycles. The Kier molecular flexibility index (Phi) is 5.95. The second-order valence-corrected chi connectivity index (χ2v) is 7.84. The van der Waals surface area contributed by atoms with Gasteiger partial charge in [0.1, 0.15) is 11.5 Å². The molecule has 1 heterocycles. The van der Waals surface area contributed by atoms with Crippen LogP contribution in [0.4, 0.5) is 11.4 Å². The van der Waals surface area contributed by atoms with E-state index < -0.39 is 15.9 Å². The van der Waals surface area contributed by atoms with Crippen LogP contribution in [0.3, 0.4) is 0 Å². The molecule has 0 radical (unpaired) electrons. The molecule has 9 nitrogen and oxygen atoms in total. The van der Waals surface area contributed by atoms with Crippen LogP contribution in [0.15, 0.2) is 53.7 Å². The third kappa shape index (κ3) is 4.79. The first-order valence-corrected chi connectivity index (χ1v) is 10.0. The van der Waals surface area contributed by atoms with Crippen molar-refractivity contribution in [3.8, 4) is 11.5 Å². The van der Waals surface area contributed by atoms with Crippen molar-refractivity contribution < 1.29 is 22.7 Å². The van der Waals surface area contributed by atoms with Crippen LogP contribution in [0, 0.1) is 0 Å². The van der Waals surface area contributed by atoms with E-state index in [1.54, 1.807) is 18.2 Å². The monoisotopic (exact) mass is 436 g/mol. The fourth-order valence-electron chi connectivity index (χ4n) is 2.44. The number of aromatic nitrogens is 2. The molecule has 152 valence electrons. The number of nitrogens with one attached hydrogen (secondary N) is 3. The predicted molar refractivity (Wildman–Crippen MR) is 108 cm³/mol. The number of sulfonamides is 1.